The van der Waals surface area contributed by atoms with Crippen molar-refractivity contribution >= 4 is 6.21 Å². The minimum absolute atomic E-state index is 0.155. The van der Waals surface area contributed by atoms with Gasteiger partial charge in [0.05, 0.1) is 6.21 Å². The molecule has 3 nitrogen and oxygen atoms in total. The van der Waals surface area contributed by atoms with Gasteiger partial charge in [-0.1, -0.05) is 38.1 Å². The maximum absolute atomic E-state index is 5.26. The molecule has 0 aliphatic heterocycles. The van der Waals surface area contributed by atoms with E-state index in [1.165, 1.54) is 11.1 Å². The lowest BCUT2D eigenvalue weighted by Crippen LogP contribution is -2.16. The number of likely N-dealkylation sites (N-methyl/N-ethyl adjacent to an activating group) is 1. The van der Waals surface area contributed by atoms with Crippen LogP contribution in [-0.2, 0) is 10.3 Å². The molecule has 0 radical (unpaired) electrons. The molecular weight excluding hydrogens is 236 g/mol. The highest BCUT2D eigenvalue weighted by Gasteiger charge is 2.14. The second-order valence-electron chi connectivity index (χ2n) is 6.19. The highest BCUT2D eigenvalue weighted by molar-refractivity contribution is 5.81. The van der Waals surface area contributed by atoms with E-state index in [1.54, 1.807) is 6.21 Å². The smallest absolute Gasteiger partial charge is 0.129 e. The molecule has 3 heteroatoms. The molecule has 0 heterocycles. The van der Waals surface area contributed by atoms with Crippen LogP contribution in [0.4, 0.5) is 0 Å². The molecule has 0 spiro atoms. The number of nitrogens with zero attached hydrogens (tertiary/aromatic N) is 2. The van der Waals surface area contributed by atoms with E-state index < -0.39 is 0 Å². The van der Waals surface area contributed by atoms with Crippen LogP contribution in [0.15, 0.2) is 23.4 Å². The Morgan fingerprint density at radius 2 is 1.95 bits per heavy atom. The molecule has 0 aliphatic carbocycles. The third-order valence-corrected chi connectivity index (χ3v) is 3.04. The van der Waals surface area contributed by atoms with Gasteiger partial charge in [0.15, 0.2) is 0 Å². The average Bonchev–Trinajstić information content (AvgIpc) is 2.29. The molecule has 1 rings (SSSR count). The summed E-state index contributed by atoms with van der Waals surface area (Å²) in [6, 6.07) is 6.51. The van der Waals surface area contributed by atoms with Gasteiger partial charge in [0.1, 0.15) is 6.61 Å². The van der Waals surface area contributed by atoms with Crippen molar-refractivity contribution in [1.82, 2.24) is 4.90 Å². The fourth-order valence-electron chi connectivity index (χ4n) is 1.62. The summed E-state index contributed by atoms with van der Waals surface area (Å²) >= 11 is 0. The first-order valence-corrected chi connectivity index (χ1v) is 6.72. The number of hydrogen-bond donors (Lipinski definition) is 0. The van der Waals surface area contributed by atoms with Crippen LogP contribution in [0.5, 0.6) is 0 Å². The molecule has 0 N–H and O–H groups in total. The molecule has 0 bridgehead atoms. The molecule has 0 unspecified atom stereocenters. The van der Waals surface area contributed by atoms with Crippen LogP contribution >= 0.6 is 0 Å². The summed E-state index contributed by atoms with van der Waals surface area (Å²) < 4.78 is 0. The maximum atomic E-state index is 5.26. The normalized spacial score (nSPS) is 12.4. The fourth-order valence-corrected chi connectivity index (χ4v) is 1.62. The van der Waals surface area contributed by atoms with E-state index in [9.17, 15) is 0 Å². The molecule has 19 heavy (non-hydrogen) atoms. The summed E-state index contributed by atoms with van der Waals surface area (Å²) in [6.07, 6.45) is 1.81. The predicted octanol–water partition coefficient (Wildman–Crippen LogP) is 3.20. The Hall–Kier alpha value is -1.35. The van der Waals surface area contributed by atoms with E-state index in [1.807, 2.05) is 14.1 Å². The average molecular weight is 262 g/mol. The van der Waals surface area contributed by atoms with Gasteiger partial charge in [0.25, 0.3) is 0 Å². The van der Waals surface area contributed by atoms with E-state index >= 15 is 0 Å². The van der Waals surface area contributed by atoms with Crippen molar-refractivity contribution in [2.24, 2.45) is 5.16 Å². The van der Waals surface area contributed by atoms with Crippen LogP contribution in [0, 0.1) is 6.92 Å². The second-order valence-corrected chi connectivity index (χ2v) is 6.19. The van der Waals surface area contributed by atoms with E-state index in [2.05, 4.69) is 55.9 Å². The van der Waals surface area contributed by atoms with Crippen molar-refractivity contribution in [3.63, 3.8) is 0 Å². The van der Waals surface area contributed by atoms with Gasteiger partial charge in [-0.15, -0.1) is 0 Å². The van der Waals surface area contributed by atoms with Gasteiger partial charge in [-0.25, -0.2) is 0 Å². The lowest BCUT2D eigenvalue weighted by molar-refractivity contribution is 0.127. The van der Waals surface area contributed by atoms with Crippen molar-refractivity contribution in [2.75, 3.05) is 27.2 Å². The maximum Gasteiger partial charge on any atom is 0.129 e. The lowest BCUT2D eigenvalue weighted by atomic mass is 9.85. The molecule has 0 aliphatic rings. The zero-order chi connectivity index (χ0) is 14.5. The van der Waals surface area contributed by atoms with Crippen LogP contribution in [0.3, 0.4) is 0 Å². The van der Waals surface area contributed by atoms with Gasteiger partial charge in [0.2, 0.25) is 0 Å². The lowest BCUT2D eigenvalue weighted by Gasteiger charge is -2.20. The zero-order valence-corrected chi connectivity index (χ0v) is 13.0. The Balaban J connectivity index is 2.69. The monoisotopic (exact) mass is 262 g/mol. The van der Waals surface area contributed by atoms with Crippen LogP contribution in [0.1, 0.15) is 37.5 Å². The number of oxime groups is 1. The van der Waals surface area contributed by atoms with E-state index in [4.69, 9.17) is 4.84 Å². The Bertz CT molecular complexity index is 431. The molecule has 0 amide bonds. The summed E-state index contributed by atoms with van der Waals surface area (Å²) in [4.78, 5) is 7.33. The fraction of sp³-hybridized carbons (Fsp3) is 0.562. The summed E-state index contributed by atoms with van der Waals surface area (Å²) in [5, 5.41) is 4.05. The zero-order valence-electron chi connectivity index (χ0n) is 13.0. The van der Waals surface area contributed by atoms with Gasteiger partial charge < -0.3 is 9.74 Å². The molecule has 0 atom stereocenters. The number of rotatable bonds is 5. The van der Waals surface area contributed by atoms with Gasteiger partial charge in [-0.3, -0.25) is 0 Å². The van der Waals surface area contributed by atoms with Gasteiger partial charge >= 0.3 is 0 Å². The molecule has 106 valence electrons. The minimum Gasteiger partial charge on any atom is -0.394 e. The molecule has 0 saturated carbocycles. The van der Waals surface area contributed by atoms with E-state index in [0.29, 0.717) is 6.61 Å². The first-order valence-electron chi connectivity index (χ1n) is 6.72. The van der Waals surface area contributed by atoms with Gasteiger partial charge in [0, 0.05) is 6.54 Å². The van der Waals surface area contributed by atoms with E-state index in [0.717, 1.165) is 12.1 Å². The summed E-state index contributed by atoms with van der Waals surface area (Å²) in [6.45, 7) is 10.2. The summed E-state index contributed by atoms with van der Waals surface area (Å²) in [7, 11) is 4.04. The Morgan fingerprint density at radius 1 is 1.26 bits per heavy atom. The third-order valence-electron chi connectivity index (χ3n) is 3.04. The predicted molar refractivity (Wildman–Crippen MR) is 82.0 cm³/mol. The molecule has 1 aromatic carbocycles. The van der Waals surface area contributed by atoms with Crippen molar-refractivity contribution in [3.05, 3.63) is 34.9 Å². The van der Waals surface area contributed by atoms with Crippen molar-refractivity contribution in [2.45, 2.75) is 33.1 Å². The first-order chi connectivity index (χ1) is 8.80. The SMILES string of the molecule is Cc1ccc(C(C)(C)C)cc1/C=N/OCCN(C)C. The Labute approximate surface area is 117 Å². The summed E-state index contributed by atoms with van der Waals surface area (Å²) in [5.74, 6) is 0. The van der Waals surface area contributed by atoms with Crippen LogP contribution in [0.2, 0.25) is 0 Å². The second kappa shape index (κ2) is 6.71. The molecule has 0 aromatic heterocycles. The largest absolute Gasteiger partial charge is 0.394 e. The number of benzene rings is 1. The standard InChI is InChI=1S/C16H26N2O/c1-13-7-8-15(16(2,3)4)11-14(13)12-17-19-10-9-18(5)6/h7-8,11-12H,9-10H2,1-6H3/b17-12+. The molecule has 0 fully saturated rings. The van der Waals surface area contributed by atoms with Crippen LogP contribution in [0.25, 0.3) is 0 Å². The Morgan fingerprint density at radius 3 is 2.53 bits per heavy atom. The van der Waals surface area contributed by atoms with Gasteiger partial charge in [-0.05, 0) is 49.2 Å². The minimum atomic E-state index is 0.155. The first kappa shape index (κ1) is 15.7. The molecule has 0 saturated heterocycles. The highest BCUT2D eigenvalue weighted by Crippen LogP contribution is 2.23. The number of aryl methyl sites for hydroxylation is 1. The Kier molecular flexibility index (Phi) is 5.55. The summed E-state index contributed by atoms with van der Waals surface area (Å²) in [5.41, 5.74) is 3.81. The van der Waals surface area contributed by atoms with Crippen molar-refractivity contribution < 1.29 is 4.84 Å². The third kappa shape index (κ3) is 5.43. The quantitative estimate of drug-likeness (QED) is 0.462. The van der Waals surface area contributed by atoms with Crippen LogP contribution < -0.4 is 0 Å². The molecular formula is C16H26N2O. The van der Waals surface area contributed by atoms with Gasteiger partial charge in [-0.2, -0.15) is 0 Å². The van der Waals surface area contributed by atoms with E-state index in [-0.39, 0.29) is 5.41 Å². The van der Waals surface area contributed by atoms with Crippen LogP contribution in [-0.4, -0.2) is 38.4 Å². The number of hydrogen-bond acceptors (Lipinski definition) is 3. The van der Waals surface area contributed by atoms with Crippen molar-refractivity contribution in [1.29, 1.82) is 0 Å². The topological polar surface area (TPSA) is 24.8 Å². The highest BCUT2D eigenvalue weighted by atomic mass is 16.6. The van der Waals surface area contributed by atoms with Crippen molar-refractivity contribution in [3.8, 4) is 0 Å². The molecule has 1 aromatic rings.